The molecule has 0 saturated heterocycles. The van der Waals surface area contributed by atoms with Crippen molar-refractivity contribution in [3.63, 3.8) is 0 Å². The van der Waals surface area contributed by atoms with Crippen LogP contribution in [0.25, 0.3) is 85.4 Å². The summed E-state index contributed by atoms with van der Waals surface area (Å²) in [5, 5.41) is 7.11. The Morgan fingerprint density at radius 2 is 0.771 bits per heavy atom. The van der Waals surface area contributed by atoms with Gasteiger partial charge in [0.05, 0.1) is 20.4 Å². The van der Waals surface area contributed by atoms with Gasteiger partial charge in [0.15, 0.2) is 0 Å². The second kappa shape index (κ2) is 13.0. The predicted molar refractivity (Wildman–Crippen MR) is 229 cm³/mol. The highest BCUT2D eigenvalue weighted by Gasteiger charge is 2.17. The first kappa shape index (κ1) is 31.0. The molecule has 230 valence electrons. The second-order valence-electron chi connectivity index (χ2n) is 11.4. The maximum atomic E-state index is 4.95. The number of aromatic nitrogens is 2. The van der Waals surface area contributed by atoms with Crippen LogP contribution in [0.5, 0.6) is 0 Å². The minimum absolute atomic E-state index is 1.05. The highest BCUT2D eigenvalue weighted by molar-refractivity contribution is 14.2. The molecule has 2 aromatic heterocycles. The molecule has 9 aromatic rings. The van der Waals surface area contributed by atoms with E-state index in [0.29, 0.717) is 0 Å². The fraction of sp³-hybridized carbons (Fsp3) is 0. The summed E-state index contributed by atoms with van der Waals surface area (Å²) in [5.41, 5.74) is 9.34. The SMILES string of the molecule is ISc1ccc2nc(-c3ccc(-c4c5ccccc5c(-c5ccc(-c6nc7ccc(SI)cc7s6)cc5)c5ccccc45)cc3)sc2c1. The van der Waals surface area contributed by atoms with Gasteiger partial charge in [-0.2, -0.15) is 0 Å². The number of fused-ring (bicyclic) bond motifs is 4. The highest BCUT2D eigenvalue weighted by atomic mass is 127. The Balaban J connectivity index is 1.14. The maximum Gasteiger partial charge on any atom is 0.124 e. The lowest BCUT2D eigenvalue weighted by Gasteiger charge is -2.18. The summed E-state index contributed by atoms with van der Waals surface area (Å²) in [6.45, 7) is 0. The van der Waals surface area contributed by atoms with E-state index in [1.165, 1.54) is 63.0 Å². The molecule has 0 fully saturated rings. The van der Waals surface area contributed by atoms with Gasteiger partial charge >= 0.3 is 0 Å². The van der Waals surface area contributed by atoms with Gasteiger partial charge in [0.1, 0.15) is 10.0 Å². The molecule has 0 saturated carbocycles. The second-order valence-corrected chi connectivity index (χ2v) is 17.4. The largest absolute Gasteiger partial charge is 0.236 e. The van der Waals surface area contributed by atoms with Crippen molar-refractivity contribution in [1.82, 2.24) is 9.97 Å². The summed E-state index contributed by atoms with van der Waals surface area (Å²) in [4.78, 5) is 12.4. The zero-order valence-corrected chi connectivity index (χ0v) is 32.6. The molecule has 0 N–H and O–H groups in total. The molecule has 0 aliphatic carbocycles. The third-order valence-corrected chi connectivity index (χ3v) is 14.7. The van der Waals surface area contributed by atoms with Crippen LogP contribution in [0.4, 0.5) is 0 Å². The molecule has 2 heterocycles. The van der Waals surface area contributed by atoms with Gasteiger partial charge in [0, 0.05) is 63.3 Å². The van der Waals surface area contributed by atoms with Crippen LogP contribution in [0.1, 0.15) is 0 Å². The quantitative estimate of drug-likeness (QED) is 0.123. The maximum absolute atomic E-state index is 4.95. The lowest BCUT2D eigenvalue weighted by Crippen LogP contribution is -1.91. The normalized spacial score (nSPS) is 11.7. The fourth-order valence-corrected chi connectivity index (χ4v) is 10.8. The van der Waals surface area contributed by atoms with Crippen LogP contribution in [-0.4, -0.2) is 9.97 Å². The number of halogens is 2. The summed E-state index contributed by atoms with van der Waals surface area (Å²) >= 11 is 8.18. The standard InChI is InChI=1S/C40H22I2N2S4/c41-47-27-17-19-33-35(21-27)45-39(43-33)25-13-9-23(10-14-25)37-29-5-1-2-6-30(29)38(32-8-4-3-7-31(32)37)24-11-15-26(16-12-24)40-44-34-20-18-28(48-42)22-36(34)46-40/h1-22H. The number of nitrogens with zero attached hydrogens (tertiary/aromatic N) is 2. The number of hydrogen-bond acceptors (Lipinski definition) is 6. The van der Waals surface area contributed by atoms with Crippen LogP contribution in [-0.2, 0) is 0 Å². The molecule has 2 nitrogen and oxygen atoms in total. The van der Waals surface area contributed by atoms with E-state index in [9.17, 15) is 0 Å². The summed E-state index contributed by atoms with van der Waals surface area (Å²) in [7, 11) is 3.47. The fourth-order valence-electron chi connectivity index (χ4n) is 6.46. The van der Waals surface area contributed by atoms with E-state index in [4.69, 9.17) is 9.97 Å². The molecule has 0 atom stereocenters. The van der Waals surface area contributed by atoms with Crippen LogP contribution in [0.3, 0.4) is 0 Å². The lowest BCUT2D eigenvalue weighted by molar-refractivity contribution is 1.45. The smallest absolute Gasteiger partial charge is 0.124 e. The minimum Gasteiger partial charge on any atom is -0.236 e. The summed E-state index contributed by atoms with van der Waals surface area (Å²) < 4.78 is 2.45. The number of hydrogen-bond donors (Lipinski definition) is 0. The molecule has 0 aliphatic rings. The minimum atomic E-state index is 1.05. The molecular weight excluding hydrogens is 891 g/mol. The van der Waals surface area contributed by atoms with Crippen LogP contribution >= 0.6 is 83.0 Å². The predicted octanol–water partition coefficient (Wildman–Crippen LogP) is 14.8. The number of benzene rings is 7. The van der Waals surface area contributed by atoms with E-state index in [2.05, 4.69) is 176 Å². The lowest BCUT2D eigenvalue weighted by atomic mass is 9.86. The zero-order valence-electron chi connectivity index (χ0n) is 25.0. The Hall–Kier alpha value is -3.00. The Bertz CT molecular complexity index is 2400. The first-order valence-electron chi connectivity index (χ1n) is 15.2. The zero-order chi connectivity index (χ0) is 32.2. The van der Waals surface area contributed by atoms with E-state index < -0.39 is 0 Å². The Morgan fingerprint density at radius 3 is 1.12 bits per heavy atom. The van der Waals surface area contributed by atoms with E-state index in [0.717, 1.165) is 32.2 Å². The van der Waals surface area contributed by atoms with Crippen LogP contribution in [0.2, 0.25) is 0 Å². The van der Waals surface area contributed by atoms with Crippen molar-refractivity contribution < 1.29 is 0 Å². The van der Waals surface area contributed by atoms with Crippen LogP contribution in [0, 0.1) is 0 Å². The number of thiazole rings is 2. The Morgan fingerprint density at radius 1 is 0.417 bits per heavy atom. The van der Waals surface area contributed by atoms with Gasteiger partial charge in [0.2, 0.25) is 0 Å². The van der Waals surface area contributed by atoms with Crippen LogP contribution < -0.4 is 0 Å². The average Bonchev–Trinajstić information content (AvgIpc) is 3.78. The van der Waals surface area contributed by atoms with Gasteiger partial charge in [-0.25, -0.2) is 9.97 Å². The summed E-state index contributed by atoms with van der Waals surface area (Å²) in [6, 6.07) is 48.6. The van der Waals surface area contributed by atoms with Gasteiger partial charge in [-0.05, 0) is 80.2 Å². The van der Waals surface area contributed by atoms with E-state index in [1.54, 1.807) is 40.5 Å². The van der Waals surface area contributed by atoms with E-state index in [1.807, 2.05) is 0 Å². The van der Waals surface area contributed by atoms with Crippen LogP contribution in [0.15, 0.2) is 143 Å². The van der Waals surface area contributed by atoms with Gasteiger partial charge in [-0.15, -0.1) is 22.7 Å². The summed E-state index contributed by atoms with van der Waals surface area (Å²) in [6.07, 6.45) is 0. The van der Waals surface area contributed by atoms with E-state index >= 15 is 0 Å². The van der Waals surface area contributed by atoms with E-state index in [-0.39, 0.29) is 0 Å². The molecular formula is C40H22I2N2S4. The van der Waals surface area contributed by atoms with Crippen molar-refractivity contribution in [2.75, 3.05) is 0 Å². The Labute approximate surface area is 318 Å². The van der Waals surface area contributed by atoms with Gasteiger partial charge in [-0.3, -0.25) is 0 Å². The van der Waals surface area contributed by atoms with Gasteiger partial charge in [-0.1, -0.05) is 115 Å². The average molecular weight is 913 g/mol. The van der Waals surface area contributed by atoms with Crippen molar-refractivity contribution in [2.45, 2.75) is 9.79 Å². The Kier molecular flexibility index (Phi) is 8.42. The molecule has 8 heteroatoms. The van der Waals surface area contributed by atoms with Crippen molar-refractivity contribution in [3.05, 3.63) is 133 Å². The molecule has 48 heavy (non-hydrogen) atoms. The molecule has 9 rings (SSSR count). The molecule has 0 spiro atoms. The molecule has 0 bridgehead atoms. The van der Waals surface area contributed by atoms with Crippen molar-refractivity contribution in [1.29, 1.82) is 0 Å². The first-order chi connectivity index (χ1) is 23.7. The molecule has 0 amide bonds. The highest BCUT2D eigenvalue weighted by Crippen LogP contribution is 2.45. The van der Waals surface area contributed by atoms with Gasteiger partial charge < -0.3 is 0 Å². The first-order valence-corrected chi connectivity index (χ1v) is 23.6. The molecule has 0 aliphatic heterocycles. The molecule has 0 radical (unpaired) electrons. The molecule has 0 unspecified atom stereocenters. The monoisotopic (exact) mass is 912 g/mol. The molecule has 7 aromatic carbocycles. The number of rotatable bonds is 6. The third-order valence-electron chi connectivity index (χ3n) is 8.67. The van der Waals surface area contributed by atoms with Crippen molar-refractivity contribution >= 4 is 125 Å². The van der Waals surface area contributed by atoms with Crippen molar-refractivity contribution in [3.8, 4) is 43.4 Å². The third kappa shape index (κ3) is 5.54. The topological polar surface area (TPSA) is 25.8 Å². The van der Waals surface area contributed by atoms with Crippen molar-refractivity contribution in [2.24, 2.45) is 0 Å². The summed E-state index contributed by atoms with van der Waals surface area (Å²) in [5.74, 6) is 0. The van der Waals surface area contributed by atoms with Gasteiger partial charge in [0.25, 0.3) is 0 Å².